The number of para-hydroxylation sites is 1. The number of hydrogen-bond acceptors (Lipinski definition) is 3. The van der Waals surface area contributed by atoms with E-state index in [2.05, 4.69) is 30.9 Å². The van der Waals surface area contributed by atoms with E-state index < -0.39 is 6.10 Å². The molecule has 0 radical (unpaired) electrons. The zero-order chi connectivity index (χ0) is 17.8. The Kier molecular flexibility index (Phi) is 5.27. The van der Waals surface area contributed by atoms with Crippen LogP contribution in [-0.2, 0) is 4.79 Å². The van der Waals surface area contributed by atoms with Crippen molar-refractivity contribution in [3.8, 4) is 5.75 Å². The van der Waals surface area contributed by atoms with Gasteiger partial charge in [-0.3, -0.25) is 4.79 Å². The van der Waals surface area contributed by atoms with E-state index in [-0.39, 0.29) is 5.91 Å². The minimum absolute atomic E-state index is 0.0611. The Morgan fingerprint density at radius 2 is 1.64 bits per heavy atom. The first kappa shape index (κ1) is 17.3. The van der Waals surface area contributed by atoms with E-state index in [9.17, 15) is 4.79 Å². The SMILES string of the molecule is Cc1ccc(O[C@H](C)C(=O)N2CCN(c3ccccc3)CC2)cc1C. The normalized spacial score (nSPS) is 15.8. The van der Waals surface area contributed by atoms with Crippen LogP contribution in [0.25, 0.3) is 0 Å². The Hall–Kier alpha value is -2.49. The number of anilines is 1. The zero-order valence-corrected chi connectivity index (χ0v) is 15.2. The second-order valence-corrected chi connectivity index (χ2v) is 6.65. The van der Waals surface area contributed by atoms with Gasteiger partial charge in [-0.25, -0.2) is 0 Å². The third-order valence-corrected chi connectivity index (χ3v) is 4.85. The minimum atomic E-state index is -0.467. The number of nitrogens with zero attached hydrogens (tertiary/aromatic N) is 2. The maximum absolute atomic E-state index is 12.7. The first-order chi connectivity index (χ1) is 12.0. The molecule has 25 heavy (non-hydrogen) atoms. The number of amides is 1. The molecule has 0 aromatic heterocycles. The average Bonchev–Trinajstić information content (AvgIpc) is 2.65. The molecular formula is C21H26N2O2. The first-order valence-electron chi connectivity index (χ1n) is 8.87. The lowest BCUT2D eigenvalue weighted by Crippen LogP contribution is -2.52. The molecule has 1 aliphatic heterocycles. The van der Waals surface area contributed by atoms with Crippen LogP contribution in [0.5, 0.6) is 5.75 Å². The molecule has 1 saturated heterocycles. The van der Waals surface area contributed by atoms with Gasteiger partial charge in [0, 0.05) is 31.9 Å². The van der Waals surface area contributed by atoms with Gasteiger partial charge in [0.2, 0.25) is 0 Å². The predicted octanol–water partition coefficient (Wildman–Crippen LogP) is 3.42. The maximum Gasteiger partial charge on any atom is 0.263 e. The zero-order valence-electron chi connectivity index (χ0n) is 15.2. The maximum atomic E-state index is 12.7. The van der Waals surface area contributed by atoms with Crippen LogP contribution in [-0.4, -0.2) is 43.1 Å². The summed E-state index contributed by atoms with van der Waals surface area (Å²) in [5, 5.41) is 0. The van der Waals surface area contributed by atoms with Crippen molar-refractivity contribution in [2.45, 2.75) is 26.9 Å². The summed E-state index contributed by atoms with van der Waals surface area (Å²) in [6, 6.07) is 16.3. The molecule has 0 aliphatic carbocycles. The highest BCUT2D eigenvalue weighted by molar-refractivity contribution is 5.81. The van der Waals surface area contributed by atoms with Crippen LogP contribution < -0.4 is 9.64 Å². The third kappa shape index (κ3) is 4.13. The van der Waals surface area contributed by atoms with Gasteiger partial charge in [-0.15, -0.1) is 0 Å². The van der Waals surface area contributed by atoms with Gasteiger partial charge in [-0.1, -0.05) is 24.3 Å². The van der Waals surface area contributed by atoms with Crippen molar-refractivity contribution in [2.75, 3.05) is 31.1 Å². The van der Waals surface area contributed by atoms with Crippen molar-refractivity contribution in [1.82, 2.24) is 4.90 Å². The fraction of sp³-hybridized carbons (Fsp3) is 0.381. The minimum Gasteiger partial charge on any atom is -0.481 e. The van der Waals surface area contributed by atoms with Crippen LogP contribution in [0.3, 0.4) is 0 Å². The molecule has 4 heteroatoms. The van der Waals surface area contributed by atoms with Crippen LogP contribution in [0, 0.1) is 13.8 Å². The number of hydrogen-bond donors (Lipinski definition) is 0. The summed E-state index contributed by atoms with van der Waals surface area (Å²) in [7, 11) is 0. The molecule has 0 spiro atoms. The second kappa shape index (κ2) is 7.60. The van der Waals surface area contributed by atoms with Crippen LogP contribution >= 0.6 is 0 Å². The average molecular weight is 338 g/mol. The summed E-state index contributed by atoms with van der Waals surface area (Å²) in [6.45, 7) is 9.12. The summed E-state index contributed by atoms with van der Waals surface area (Å²) in [5.74, 6) is 0.817. The van der Waals surface area contributed by atoms with Crippen molar-refractivity contribution in [3.05, 3.63) is 59.7 Å². The molecule has 0 N–H and O–H groups in total. The van der Waals surface area contributed by atoms with Gasteiger partial charge >= 0.3 is 0 Å². The van der Waals surface area contributed by atoms with E-state index in [1.54, 1.807) is 0 Å². The van der Waals surface area contributed by atoms with Gasteiger partial charge in [0.15, 0.2) is 6.10 Å². The van der Waals surface area contributed by atoms with Gasteiger partial charge in [-0.05, 0) is 56.2 Å². The lowest BCUT2D eigenvalue weighted by molar-refractivity contribution is -0.138. The highest BCUT2D eigenvalue weighted by atomic mass is 16.5. The number of piperazine rings is 1. The van der Waals surface area contributed by atoms with Crippen molar-refractivity contribution in [2.24, 2.45) is 0 Å². The molecule has 2 aromatic carbocycles. The summed E-state index contributed by atoms with van der Waals surface area (Å²) in [5.41, 5.74) is 3.62. The molecule has 4 nitrogen and oxygen atoms in total. The van der Waals surface area contributed by atoms with Crippen LogP contribution in [0.2, 0.25) is 0 Å². The summed E-state index contributed by atoms with van der Waals surface area (Å²) in [4.78, 5) is 16.9. The Morgan fingerprint density at radius 3 is 2.28 bits per heavy atom. The smallest absolute Gasteiger partial charge is 0.263 e. The van der Waals surface area contributed by atoms with Gasteiger partial charge < -0.3 is 14.5 Å². The van der Waals surface area contributed by atoms with E-state index in [0.29, 0.717) is 0 Å². The highest BCUT2D eigenvalue weighted by Crippen LogP contribution is 2.19. The lowest BCUT2D eigenvalue weighted by atomic mass is 10.1. The monoisotopic (exact) mass is 338 g/mol. The van der Waals surface area contributed by atoms with E-state index in [1.807, 2.05) is 48.2 Å². The van der Waals surface area contributed by atoms with Crippen molar-refractivity contribution in [1.29, 1.82) is 0 Å². The second-order valence-electron chi connectivity index (χ2n) is 6.65. The van der Waals surface area contributed by atoms with Gasteiger partial charge in [0.1, 0.15) is 5.75 Å². The Labute approximate surface area is 150 Å². The van der Waals surface area contributed by atoms with Crippen LogP contribution in [0.15, 0.2) is 48.5 Å². The van der Waals surface area contributed by atoms with Crippen molar-refractivity contribution in [3.63, 3.8) is 0 Å². The number of aryl methyl sites for hydroxylation is 2. The van der Waals surface area contributed by atoms with Crippen LogP contribution in [0.4, 0.5) is 5.69 Å². The van der Waals surface area contributed by atoms with Crippen molar-refractivity contribution >= 4 is 11.6 Å². The molecule has 1 aliphatic rings. The quantitative estimate of drug-likeness (QED) is 0.856. The van der Waals surface area contributed by atoms with Crippen molar-refractivity contribution < 1.29 is 9.53 Å². The molecule has 3 rings (SSSR count). The highest BCUT2D eigenvalue weighted by Gasteiger charge is 2.26. The largest absolute Gasteiger partial charge is 0.481 e. The summed E-state index contributed by atoms with van der Waals surface area (Å²) in [6.07, 6.45) is -0.467. The number of carbonyl (C=O) groups is 1. The van der Waals surface area contributed by atoms with Gasteiger partial charge in [-0.2, -0.15) is 0 Å². The molecule has 0 unspecified atom stereocenters. The standard InChI is InChI=1S/C21H26N2O2/c1-16-9-10-20(15-17(16)2)25-18(3)21(24)23-13-11-22(12-14-23)19-7-5-4-6-8-19/h4-10,15,18H,11-14H2,1-3H3/t18-/m1/s1. The Morgan fingerprint density at radius 1 is 0.960 bits per heavy atom. The van der Waals surface area contributed by atoms with E-state index in [4.69, 9.17) is 4.74 Å². The summed E-state index contributed by atoms with van der Waals surface area (Å²) < 4.78 is 5.87. The van der Waals surface area contributed by atoms with E-state index >= 15 is 0 Å². The topological polar surface area (TPSA) is 32.8 Å². The van der Waals surface area contributed by atoms with Gasteiger partial charge in [0.25, 0.3) is 5.91 Å². The molecule has 1 fully saturated rings. The van der Waals surface area contributed by atoms with E-state index in [1.165, 1.54) is 16.8 Å². The fourth-order valence-electron chi connectivity index (χ4n) is 3.12. The summed E-state index contributed by atoms with van der Waals surface area (Å²) >= 11 is 0. The molecule has 1 heterocycles. The predicted molar refractivity (Wildman–Crippen MR) is 101 cm³/mol. The first-order valence-corrected chi connectivity index (χ1v) is 8.87. The number of carbonyl (C=O) groups excluding carboxylic acids is 1. The molecule has 0 bridgehead atoms. The third-order valence-electron chi connectivity index (χ3n) is 4.85. The molecule has 0 saturated carbocycles. The Balaban J connectivity index is 1.55. The molecule has 1 atom stereocenters. The number of rotatable bonds is 4. The lowest BCUT2D eigenvalue weighted by Gasteiger charge is -2.37. The molecule has 1 amide bonds. The van der Waals surface area contributed by atoms with E-state index in [0.717, 1.165) is 31.9 Å². The number of benzene rings is 2. The number of ether oxygens (including phenoxy) is 1. The van der Waals surface area contributed by atoms with Crippen LogP contribution in [0.1, 0.15) is 18.1 Å². The molecule has 2 aromatic rings. The molecular weight excluding hydrogens is 312 g/mol. The Bertz CT molecular complexity index is 722. The van der Waals surface area contributed by atoms with Gasteiger partial charge in [0.05, 0.1) is 0 Å². The fourth-order valence-corrected chi connectivity index (χ4v) is 3.12. The molecule has 132 valence electrons.